The molecule has 2 aromatic heterocycles. The highest BCUT2D eigenvalue weighted by molar-refractivity contribution is 7.44. The molecule has 1 saturated heterocycles. The Kier molecular flexibility index (Phi) is 10.5. The van der Waals surface area contributed by atoms with Crippen molar-refractivity contribution in [1.82, 2.24) is 34.4 Å². The number of nitriles is 1. The van der Waals surface area contributed by atoms with Crippen molar-refractivity contribution in [2.75, 3.05) is 34.4 Å². The van der Waals surface area contributed by atoms with E-state index in [-0.39, 0.29) is 30.5 Å². The van der Waals surface area contributed by atoms with Crippen molar-refractivity contribution in [1.29, 1.82) is 5.26 Å². The van der Waals surface area contributed by atoms with Crippen LogP contribution < -0.4 is 5.32 Å². The molecule has 0 saturated carbocycles. The van der Waals surface area contributed by atoms with E-state index in [4.69, 9.17) is 19.0 Å². The fourth-order valence-electron chi connectivity index (χ4n) is 4.13. The summed E-state index contributed by atoms with van der Waals surface area (Å²) < 4.78 is 22.9. The van der Waals surface area contributed by atoms with Gasteiger partial charge in [-0.05, 0) is 34.7 Å². The van der Waals surface area contributed by atoms with Crippen LogP contribution in [0.2, 0.25) is 0 Å². The van der Waals surface area contributed by atoms with E-state index < -0.39 is 8.53 Å². The Morgan fingerprint density at radius 3 is 2.67 bits per heavy atom. The lowest BCUT2D eigenvalue weighted by Crippen LogP contribution is -2.38. The highest BCUT2D eigenvalue weighted by Crippen LogP contribution is 2.47. The molecule has 1 unspecified atom stereocenters. The number of ether oxygens (including phenoxy) is 1. The second-order valence-corrected chi connectivity index (χ2v) is 10.8. The van der Waals surface area contributed by atoms with Gasteiger partial charge in [0.2, 0.25) is 0 Å². The summed E-state index contributed by atoms with van der Waals surface area (Å²) in [6.07, 6.45) is 5.49. The first-order chi connectivity index (χ1) is 17.3. The molecule has 0 bridgehead atoms. The van der Waals surface area contributed by atoms with Crippen molar-refractivity contribution in [3.05, 3.63) is 12.7 Å². The van der Waals surface area contributed by atoms with Crippen LogP contribution in [0.1, 0.15) is 46.8 Å². The molecule has 13 heteroatoms. The number of nitrogens with one attached hydrogen (secondary N) is 1. The molecule has 0 radical (unpaired) electrons. The average Bonchev–Trinajstić information content (AvgIpc) is 3.44. The molecule has 3 heterocycles. The van der Waals surface area contributed by atoms with Crippen LogP contribution in [-0.2, 0) is 13.8 Å². The maximum atomic E-state index is 8.94. The van der Waals surface area contributed by atoms with Gasteiger partial charge in [-0.2, -0.15) is 5.26 Å². The SMILES string of the molecule is CN[C@H]1C[C@H](n2cnc3c(/N=C\N(C)C)ncnc32)O[C@@H]1COP(OCCC#N)N(C(C)C)C(C)C. The van der Waals surface area contributed by atoms with Crippen LogP contribution in [-0.4, -0.2) is 94.0 Å². The third kappa shape index (κ3) is 6.94. The second-order valence-electron chi connectivity index (χ2n) is 9.33. The largest absolute Gasteiger partial charge is 0.369 e. The van der Waals surface area contributed by atoms with Crippen molar-refractivity contribution in [2.45, 2.75) is 71.0 Å². The molecular formula is C23H38N9O3P. The molecule has 4 atom stereocenters. The third-order valence-corrected chi connectivity index (χ3v) is 7.75. The summed E-state index contributed by atoms with van der Waals surface area (Å²) in [5, 5.41) is 12.3. The molecule has 2 aromatic rings. The van der Waals surface area contributed by atoms with Crippen molar-refractivity contribution in [3.8, 4) is 6.07 Å². The van der Waals surface area contributed by atoms with Crippen molar-refractivity contribution in [3.63, 3.8) is 0 Å². The smallest absolute Gasteiger partial charge is 0.259 e. The molecule has 0 amide bonds. The number of nitrogens with zero attached hydrogens (tertiary/aromatic N) is 8. The number of aromatic nitrogens is 4. The molecule has 198 valence electrons. The van der Waals surface area contributed by atoms with Crippen LogP contribution in [0.4, 0.5) is 5.82 Å². The van der Waals surface area contributed by atoms with Crippen LogP contribution >= 0.6 is 8.53 Å². The minimum absolute atomic E-state index is 0.0722. The van der Waals surface area contributed by atoms with Crippen LogP contribution in [0.5, 0.6) is 0 Å². The summed E-state index contributed by atoms with van der Waals surface area (Å²) in [5.74, 6) is 0.512. The molecule has 36 heavy (non-hydrogen) atoms. The summed E-state index contributed by atoms with van der Waals surface area (Å²) in [7, 11) is 4.38. The number of rotatable bonds is 13. The van der Waals surface area contributed by atoms with Gasteiger partial charge in [-0.25, -0.2) is 24.6 Å². The van der Waals surface area contributed by atoms with Crippen molar-refractivity contribution in [2.24, 2.45) is 4.99 Å². The van der Waals surface area contributed by atoms with Gasteiger partial charge in [-0.3, -0.25) is 4.57 Å². The molecule has 1 aliphatic rings. The zero-order valence-electron chi connectivity index (χ0n) is 22.2. The lowest BCUT2D eigenvalue weighted by molar-refractivity contribution is -0.0228. The Morgan fingerprint density at radius 2 is 2.03 bits per heavy atom. The number of likely N-dealkylation sites (N-methyl/N-ethyl adjacent to an activating group) is 1. The first kappa shape index (κ1) is 28.3. The zero-order valence-corrected chi connectivity index (χ0v) is 23.1. The predicted octanol–water partition coefficient (Wildman–Crippen LogP) is 3.22. The van der Waals surface area contributed by atoms with Gasteiger partial charge in [-0.15, -0.1) is 0 Å². The van der Waals surface area contributed by atoms with Gasteiger partial charge in [0.05, 0.1) is 44.5 Å². The van der Waals surface area contributed by atoms with Crippen molar-refractivity contribution >= 4 is 31.8 Å². The molecule has 1 aliphatic heterocycles. The van der Waals surface area contributed by atoms with Gasteiger partial charge >= 0.3 is 0 Å². The lowest BCUT2D eigenvalue weighted by Gasteiger charge is -2.36. The first-order valence-electron chi connectivity index (χ1n) is 12.2. The number of aliphatic imine (C=N–C) groups is 1. The summed E-state index contributed by atoms with van der Waals surface area (Å²) >= 11 is 0. The molecule has 1 fully saturated rings. The van der Waals surface area contributed by atoms with Crippen LogP contribution in [0.3, 0.4) is 0 Å². The molecule has 0 aromatic carbocycles. The fourth-order valence-corrected chi connectivity index (χ4v) is 5.74. The minimum atomic E-state index is -1.34. The van der Waals surface area contributed by atoms with Crippen LogP contribution in [0.15, 0.2) is 17.6 Å². The number of fused-ring (bicyclic) bond motifs is 1. The number of imidazole rings is 1. The van der Waals surface area contributed by atoms with Crippen LogP contribution in [0.25, 0.3) is 11.2 Å². The van der Waals surface area contributed by atoms with E-state index >= 15 is 0 Å². The van der Waals surface area contributed by atoms with E-state index in [0.29, 0.717) is 36.6 Å². The van der Waals surface area contributed by atoms with Crippen LogP contribution in [0, 0.1) is 11.3 Å². The Hall–Kier alpha value is -2.26. The molecule has 0 spiro atoms. The Bertz CT molecular complexity index is 1030. The van der Waals surface area contributed by atoms with Gasteiger partial charge in [-0.1, -0.05) is 0 Å². The summed E-state index contributed by atoms with van der Waals surface area (Å²) in [6, 6.07) is 2.67. The predicted molar refractivity (Wildman–Crippen MR) is 140 cm³/mol. The average molecular weight is 520 g/mol. The van der Waals surface area contributed by atoms with E-state index in [1.165, 1.54) is 6.33 Å². The molecule has 12 nitrogen and oxygen atoms in total. The molecular weight excluding hydrogens is 481 g/mol. The normalized spacial score (nSPS) is 21.3. The number of hydrogen-bond donors (Lipinski definition) is 1. The van der Waals surface area contributed by atoms with Crippen molar-refractivity contribution < 1.29 is 13.8 Å². The van der Waals surface area contributed by atoms with Gasteiger partial charge in [0.1, 0.15) is 12.6 Å². The lowest BCUT2D eigenvalue weighted by atomic mass is 10.1. The highest BCUT2D eigenvalue weighted by atomic mass is 31.2. The van der Waals surface area contributed by atoms with E-state index in [1.54, 1.807) is 12.7 Å². The summed E-state index contributed by atoms with van der Waals surface area (Å²) in [4.78, 5) is 19.5. The highest BCUT2D eigenvalue weighted by Gasteiger charge is 2.38. The number of hydrogen-bond acceptors (Lipinski definition) is 10. The van der Waals surface area contributed by atoms with Gasteiger partial charge in [0.15, 0.2) is 17.0 Å². The zero-order chi connectivity index (χ0) is 26.2. The monoisotopic (exact) mass is 519 g/mol. The van der Waals surface area contributed by atoms with E-state index in [2.05, 4.69) is 63.7 Å². The molecule has 1 N–H and O–H groups in total. The Balaban J connectivity index is 1.75. The first-order valence-corrected chi connectivity index (χ1v) is 13.3. The minimum Gasteiger partial charge on any atom is -0.369 e. The molecule has 0 aliphatic carbocycles. The van der Waals surface area contributed by atoms with E-state index in [1.807, 2.05) is 30.6 Å². The topological polar surface area (TPSA) is 126 Å². The van der Waals surface area contributed by atoms with Gasteiger partial charge in [0, 0.05) is 38.6 Å². The standard InChI is InChI=1S/C23H38N9O3P/c1-16(2)32(17(3)4)36(33-10-8-9-24)34-12-19-18(25-5)11-20(35-19)31-15-28-21-22(29-14-30(6)7)26-13-27-23(21)31/h13-20,25H,8,10-12H2,1-7H3/b29-14-/t18-,19+,20+,36?/m0/s1. The second kappa shape index (κ2) is 13.3. The summed E-state index contributed by atoms with van der Waals surface area (Å²) in [5.41, 5.74) is 1.30. The van der Waals surface area contributed by atoms with Gasteiger partial charge < -0.3 is 24.0 Å². The Morgan fingerprint density at radius 1 is 1.28 bits per heavy atom. The summed E-state index contributed by atoms with van der Waals surface area (Å²) in [6.45, 7) is 9.17. The fraction of sp³-hybridized carbons (Fsp3) is 0.696. The quantitative estimate of drug-likeness (QED) is 0.182. The van der Waals surface area contributed by atoms with Gasteiger partial charge in [0.25, 0.3) is 8.53 Å². The van der Waals surface area contributed by atoms with E-state index in [0.717, 1.165) is 6.42 Å². The molecule has 3 rings (SSSR count). The Labute approximate surface area is 214 Å². The maximum Gasteiger partial charge on any atom is 0.259 e. The third-order valence-electron chi connectivity index (χ3n) is 5.68. The maximum absolute atomic E-state index is 8.94. The van der Waals surface area contributed by atoms with E-state index in [9.17, 15) is 0 Å².